The van der Waals surface area contributed by atoms with Crippen LogP contribution in [-0.2, 0) is 11.3 Å². The van der Waals surface area contributed by atoms with E-state index in [0.29, 0.717) is 18.5 Å². The molecule has 0 aromatic heterocycles. The quantitative estimate of drug-likeness (QED) is 0.919. The van der Waals surface area contributed by atoms with E-state index in [9.17, 15) is 14.3 Å². The van der Waals surface area contributed by atoms with Crippen LogP contribution in [0.3, 0.4) is 0 Å². The third kappa shape index (κ3) is 3.78. The van der Waals surface area contributed by atoms with E-state index in [-0.39, 0.29) is 23.7 Å². The summed E-state index contributed by atoms with van der Waals surface area (Å²) in [4.78, 5) is 16.3. The number of carbonyl (C=O) groups is 1. The Kier molecular flexibility index (Phi) is 5.21. The van der Waals surface area contributed by atoms with E-state index in [1.54, 1.807) is 13.0 Å². The number of nitrogens with zero attached hydrogens (tertiary/aromatic N) is 2. The van der Waals surface area contributed by atoms with Crippen molar-refractivity contribution in [2.24, 2.45) is 5.41 Å². The number of likely N-dealkylation sites (tertiary alicyclic amines) is 2. The first-order valence-electron chi connectivity index (χ1n) is 8.87. The molecule has 0 unspecified atom stereocenters. The van der Waals surface area contributed by atoms with E-state index in [0.717, 1.165) is 51.0 Å². The predicted molar refractivity (Wildman–Crippen MR) is 91.0 cm³/mol. The van der Waals surface area contributed by atoms with Gasteiger partial charge in [-0.1, -0.05) is 12.1 Å². The lowest BCUT2D eigenvalue weighted by Crippen LogP contribution is -2.54. The van der Waals surface area contributed by atoms with Crippen LogP contribution >= 0.6 is 0 Å². The number of β-amino-alcohol motifs (C(OH)–C–C–N with tert-alkyl or cyclic N) is 1. The lowest BCUT2D eigenvalue weighted by atomic mass is 9.73. The highest BCUT2D eigenvalue weighted by molar-refractivity contribution is 5.77. The van der Waals surface area contributed by atoms with E-state index in [4.69, 9.17) is 0 Å². The Morgan fingerprint density at radius 2 is 2.12 bits per heavy atom. The molecule has 3 rings (SSSR count). The molecule has 1 aromatic rings. The number of hydrogen-bond acceptors (Lipinski definition) is 3. The highest BCUT2D eigenvalue weighted by Gasteiger charge is 2.41. The molecule has 132 valence electrons. The first-order valence-corrected chi connectivity index (χ1v) is 8.87. The molecule has 2 aliphatic rings. The van der Waals surface area contributed by atoms with Gasteiger partial charge in [0, 0.05) is 38.0 Å². The fourth-order valence-corrected chi connectivity index (χ4v) is 4.27. The second kappa shape index (κ2) is 7.19. The van der Waals surface area contributed by atoms with Gasteiger partial charge in [0.2, 0.25) is 5.91 Å². The SMILES string of the molecule is Cc1cc(CN2CCC[C@]3(CCC(=O)N(CCO)C3)C2)ccc1F. The Morgan fingerprint density at radius 1 is 1.29 bits per heavy atom. The monoisotopic (exact) mass is 334 g/mol. The Balaban J connectivity index is 1.67. The molecule has 24 heavy (non-hydrogen) atoms. The molecule has 2 heterocycles. The summed E-state index contributed by atoms with van der Waals surface area (Å²) in [7, 11) is 0. The van der Waals surface area contributed by atoms with Crippen molar-refractivity contribution in [1.29, 1.82) is 0 Å². The van der Waals surface area contributed by atoms with Crippen LogP contribution in [0, 0.1) is 18.2 Å². The molecule has 5 heteroatoms. The van der Waals surface area contributed by atoms with E-state index in [2.05, 4.69) is 4.90 Å². The van der Waals surface area contributed by atoms with Crippen molar-refractivity contribution < 1.29 is 14.3 Å². The van der Waals surface area contributed by atoms with Crippen molar-refractivity contribution in [2.45, 2.75) is 39.2 Å². The van der Waals surface area contributed by atoms with Crippen LogP contribution < -0.4 is 0 Å². The zero-order valence-electron chi connectivity index (χ0n) is 14.4. The Labute approximate surface area is 143 Å². The highest BCUT2D eigenvalue weighted by Crippen LogP contribution is 2.39. The van der Waals surface area contributed by atoms with Crippen LogP contribution in [0.4, 0.5) is 4.39 Å². The fraction of sp³-hybridized carbons (Fsp3) is 0.632. The van der Waals surface area contributed by atoms with E-state index in [1.165, 1.54) is 0 Å². The maximum Gasteiger partial charge on any atom is 0.222 e. The summed E-state index contributed by atoms with van der Waals surface area (Å²) < 4.78 is 13.4. The van der Waals surface area contributed by atoms with Crippen molar-refractivity contribution in [3.8, 4) is 0 Å². The first kappa shape index (κ1) is 17.4. The Morgan fingerprint density at radius 3 is 2.88 bits per heavy atom. The lowest BCUT2D eigenvalue weighted by molar-refractivity contribution is -0.140. The fourth-order valence-electron chi connectivity index (χ4n) is 4.27. The molecule has 1 aromatic carbocycles. The number of aryl methyl sites for hydroxylation is 1. The molecule has 4 nitrogen and oxygen atoms in total. The molecular formula is C19H27FN2O2. The van der Waals surface area contributed by atoms with E-state index < -0.39 is 0 Å². The standard InChI is InChI=1S/C19H27FN2O2/c1-15-11-16(3-4-17(15)20)12-21-8-2-6-19(13-21)7-5-18(24)22(14-19)9-10-23/h3-4,11,23H,2,5-10,12-14H2,1H3/t19-/m0/s1. The number of carbonyl (C=O) groups excluding carboxylic acids is 1. The summed E-state index contributed by atoms with van der Waals surface area (Å²) in [5.74, 6) is 0.0141. The minimum atomic E-state index is -0.153. The molecule has 2 aliphatic heterocycles. The van der Waals surface area contributed by atoms with Gasteiger partial charge in [0.15, 0.2) is 0 Å². The van der Waals surface area contributed by atoms with Gasteiger partial charge >= 0.3 is 0 Å². The topological polar surface area (TPSA) is 43.8 Å². The van der Waals surface area contributed by atoms with Gasteiger partial charge in [-0.15, -0.1) is 0 Å². The van der Waals surface area contributed by atoms with E-state index >= 15 is 0 Å². The summed E-state index contributed by atoms with van der Waals surface area (Å²) >= 11 is 0. The van der Waals surface area contributed by atoms with Gasteiger partial charge in [-0.25, -0.2) is 4.39 Å². The van der Waals surface area contributed by atoms with Gasteiger partial charge in [0.05, 0.1) is 6.61 Å². The van der Waals surface area contributed by atoms with Gasteiger partial charge in [-0.2, -0.15) is 0 Å². The molecule has 1 amide bonds. The van der Waals surface area contributed by atoms with Crippen molar-refractivity contribution >= 4 is 5.91 Å². The third-order valence-corrected chi connectivity index (χ3v) is 5.49. The Hall–Kier alpha value is -1.46. The normalized spacial score (nSPS) is 25.5. The third-order valence-electron chi connectivity index (χ3n) is 5.49. The maximum atomic E-state index is 13.4. The molecule has 1 N–H and O–H groups in total. The summed E-state index contributed by atoms with van der Waals surface area (Å²) in [6.45, 7) is 5.88. The number of amides is 1. The number of halogens is 1. The molecule has 1 spiro atoms. The summed E-state index contributed by atoms with van der Waals surface area (Å²) in [5, 5.41) is 9.18. The smallest absolute Gasteiger partial charge is 0.222 e. The lowest BCUT2D eigenvalue weighted by Gasteiger charge is -2.48. The molecule has 0 bridgehead atoms. The molecule has 1 atom stereocenters. The molecular weight excluding hydrogens is 307 g/mol. The van der Waals surface area contributed by atoms with E-state index in [1.807, 2.05) is 17.0 Å². The average Bonchev–Trinajstić information content (AvgIpc) is 2.55. The number of hydrogen-bond donors (Lipinski definition) is 1. The van der Waals surface area contributed by atoms with Gasteiger partial charge in [0.25, 0.3) is 0 Å². The van der Waals surface area contributed by atoms with Crippen LogP contribution in [0.1, 0.15) is 36.8 Å². The van der Waals surface area contributed by atoms with Crippen molar-refractivity contribution in [2.75, 3.05) is 32.8 Å². The molecule has 2 saturated heterocycles. The maximum absolute atomic E-state index is 13.4. The van der Waals surface area contributed by atoms with Crippen LogP contribution in [0.5, 0.6) is 0 Å². The minimum absolute atomic E-state index is 0.0282. The average molecular weight is 334 g/mol. The zero-order valence-corrected chi connectivity index (χ0v) is 14.4. The second-order valence-corrected chi connectivity index (χ2v) is 7.44. The largest absolute Gasteiger partial charge is 0.395 e. The predicted octanol–water partition coefficient (Wildman–Crippen LogP) is 2.33. The molecule has 2 fully saturated rings. The van der Waals surface area contributed by atoms with Crippen molar-refractivity contribution in [3.05, 3.63) is 35.1 Å². The molecule has 0 radical (unpaired) electrons. The number of piperidine rings is 2. The second-order valence-electron chi connectivity index (χ2n) is 7.44. The number of aliphatic hydroxyl groups is 1. The summed E-state index contributed by atoms with van der Waals surface area (Å²) in [6.07, 6.45) is 3.79. The number of benzene rings is 1. The van der Waals surface area contributed by atoms with Crippen LogP contribution in [0.15, 0.2) is 18.2 Å². The highest BCUT2D eigenvalue weighted by atomic mass is 19.1. The first-order chi connectivity index (χ1) is 11.5. The number of rotatable bonds is 4. The van der Waals surface area contributed by atoms with Gasteiger partial charge in [0.1, 0.15) is 5.82 Å². The van der Waals surface area contributed by atoms with Crippen molar-refractivity contribution in [1.82, 2.24) is 9.80 Å². The van der Waals surface area contributed by atoms with Crippen LogP contribution in [0.2, 0.25) is 0 Å². The summed E-state index contributed by atoms with van der Waals surface area (Å²) in [6, 6.07) is 5.35. The van der Waals surface area contributed by atoms with Crippen molar-refractivity contribution in [3.63, 3.8) is 0 Å². The van der Waals surface area contributed by atoms with Gasteiger partial charge in [-0.3, -0.25) is 9.69 Å². The van der Waals surface area contributed by atoms with Crippen LogP contribution in [0.25, 0.3) is 0 Å². The molecule has 0 saturated carbocycles. The van der Waals surface area contributed by atoms with Crippen LogP contribution in [-0.4, -0.2) is 53.6 Å². The minimum Gasteiger partial charge on any atom is -0.395 e. The van der Waals surface area contributed by atoms with Gasteiger partial charge < -0.3 is 10.0 Å². The van der Waals surface area contributed by atoms with Gasteiger partial charge in [-0.05, 0) is 49.9 Å². The zero-order chi connectivity index (χ0) is 17.2. The Bertz CT molecular complexity index is 607. The number of aliphatic hydroxyl groups excluding tert-OH is 1. The summed E-state index contributed by atoms with van der Waals surface area (Å²) in [5.41, 5.74) is 1.98. The molecule has 0 aliphatic carbocycles.